The first kappa shape index (κ1) is 18.7. The Labute approximate surface area is 168 Å². The monoisotopic (exact) mass is 394 g/mol. The van der Waals surface area contributed by atoms with Crippen molar-refractivity contribution in [3.05, 3.63) is 47.2 Å². The summed E-state index contributed by atoms with van der Waals surface area (Å²) in [5.41, 5.74) is 1.52. The van der Waals surface area contributed by atoms with Crippen molar-refractivity contribution in [2.75, 3.05) is 46.4 Å². The fourth-order valence-corrected chi connectivity index (χ4v) is 4.21. The van der Waals surface area contributed by atoms with Crippen molar-refractivity contribution >= 4 is 21.6 Å². The number of nitriles is 1. The molecular formula is C20H22N6OS. The Kier molecular flexibility index (Phi) is 5.76. The van der Waals surface area contributed by atoms with Crippen molar-refractivity contribution in [2.24, 2.45) is 0 Å². The number of nitrogens with zero attached hydrogens (tertiary/aromatic N) is 6. The number of likely N-dealkylation sites (N-methyl/N-ethyl adjacent to an activating group) is 1. The van der Waals surface area contributed by atoms with Gasteiger partial charge in [-0.3, -0.25) is 4.90 Å². The van der Waals surface area contributed by atoms with E-state index in [1.807, 2.05) is 24.3 Å². The van der Waals surface area contributed by atoms with Crippen LogP contribution in [0.5, 0.6) is 6.01 Å². The molecule has 0 saturated carbocycles. The summed E-state index contributed by atoms with van der Waals surface area (Å²) in [6.45, 7) is 5.65. The molecule has 144 valence electrons. The summed E-state index contributed by atoms with van der Waals surface area (Å²) >= 11 is 1.52. The minimum absolute atomic E-state index is 0.313. The van der Waals surface area contributed by atoms with Crippen LogP contribution in [0, 0.1) is 11.3 Å². The number of fused-ring (bicyclic) bond motifs is 1. The normalized spacial score (nSPS) is 16.7. The quantitative estimate of drug-likeness (QED) is 0.635. The SMILES string of the molecule is CN1CCN(CCOc2nccc(C(C#N)c3nc4ccccc4s3)n2)CC1. The number of ether oxygens (including phenoxy) is 1. The van der Waals surface area contributed by atoms with Gasteiger partial charge in [-0.2, -0.15) is 10.2 Å². The van der Waals surface area contributed by atoms with E-state index in [0.29, 0.717) is 18.3 Å². The Morgan fingerprint density at radius 3 is 2.79 bits per heavy atom. The lowest BCUT2D eigenvalue weighted by atomic mass is 10.1. The number of hydrogen-bond acceptors (Lipinski definition) is 8. The first-order valence-corrected chi connectivity index (χ1v) is 10.2. The molecule has 3 aromatic rings. The molecule has 2 aromatic heterocycles. The van der Waals surface area contributed by atoms with Gasteiger partial charge in [0.2, 0.25) is 0 Å². The fourth-order valence-electron chi connectivity index (χ4n) is 3.18. The molecule has 0 aliphatic carbocycles. The number of piperazine rings is 1. The molecule has 8 heteroatoms. The van der Waals surface area contributed by atoms with Crippen molar-refractivity contribution in [1.82, 2.24) is 24.8 Å². The Hall–Kier alpha value is -2.60. The van der Waals surface area contributed by atoms with Crippen LogP contribution in [-0.4, -0.2) is 71.1 Å². The molecule has 1 saturated heterocycles. The van der Waals surface area contributed by atoms with Gasteiger partial charge in [-0.05, 0) is 25.2 Å². The van der Waals surface area contributed by atoms with E-state index in [2.05, 4.69) is 37.9 Å². The third-order valence-corrected chi connectivity index (χ3v) is 5.97. The van der Waals surface area contributed by atoms with Gasteiger partial charge in [0.15, 0.2) is 0 Å². The van der Waals surface area contributed by atoms with E-state index in [-0.39, 0.29) is 0 Å². The lowest BCUT2D eigenvalue weighted by molar-refractivity contribution is 0.131. The van der Waals surface area contributed by atoms with E-state index in [1.54, 1.807) is 12.3 Å². The first-order valence-electron chi connectivity index (χ1n) is 9.34. The Balaban J connectivity index is 1.42. The maximum Gasteiger partial charge on any atom is 0.316 e. The number of rotatable bonds is 6. The fraction of sp³-hybridized carbons (Fsp3) is 0.400. The molecule has 28 heavy (non-hydrogen) atoms. The van der Waals surface area contributed by atoms with Crippen LogP contribution in [0.4, 0.5) is 0 Å². The van der Waals surface area contributed by atoms with Crippen LogP contribution < -0.4 is 4.74 Å². The third-order valence-electron chi connectivity index (χ3n) is 4.87. The van der Waals surface area contributed by atoms with Gasteiger partial charge in [-0.1, -0.05) is 12.1 Å². The molecule has 0 bridgehead atoms. The summed E-state index contributed by atoms with van der Waals surface area (Å²) in [4.78, 5) is 18.0. The van der Waals surface area contributed by atoms with Crippen LogP contribution >= 0.6 is 11.3 Å². The summed E-state index contributed by atoms with van der Waals surface area (Å²) < 4.78 is 6.83. The number of para-hydroxylation sites is 1. The Bertz CT molecular complexity index is 943. The molecule has 1 aliphatic rings. The van der Waals surface area contributed by atoms with Gasteiger partial charge in [0.05, 0.1) is 22.0 Å². The van der Waals surface area contributed by atoms with Gasteiger partial charge in [-0.25, -0.2) is 9.97 Å². The highest BCUT2D eigenvalue weighted by Gasteiger charge is 2.20. The van der Waals surface area contributed by atoms with Crippen molar-refractivity contribution < 1.29 is 4.74 Å². The van der Waals surface area contributed by atoms with Crippen LogP contribution in [0.2, 0.25) is 0 Å². The maximum atomic E-state index is 9.72. The van der Waals surface area contributed by atoms with E-state index in [4.69, 9.17) is 4.74 Å². The number of thiazole rings is 1. The zero-order chi connectivity index (χ0) is 19.3. The molecule has 1 atom stereocenters. The lowest BCUT2D eigenvalue weighted by Crippen LogP contribution is -2.45. The molecule has 1 fully saturated rings. The number of benzene rings is 1. The van der Waals surface area contributed by atoms with Gasteiger partial charge in [-0.15, -0.1) is 11.3 Å². The summed E-state index contributed by atoms with van der Waals surface area (Å²) in [6, 6.07) is 12.3. The zero-order valence-corrected chi connectivity index (χ0v) is 16.6. The smallest absolute Gasteiger partial charge is 0.316 e. The standard InChI is InChI=1S/C20H22N6OS/c1-25-8-10-26(11-9-25)12-13-27-20-22-7-6-16(24-20)15(14-21)19-23-17-4-2-3-5-18(17)28-19/h2-7,15H,8-13H2,1H3. The molecule has 1 aromatic carbocycles. The topological polar surface area (TPSA) is 78.2 Å². The summed E-state index contributed by atoms with van der Waals surface area (Å²) in [6.07, 6.45) is 1.64. The molecule has 0 radical (unpaired) electrons. The van der Waals surface area contributed by atoms with Crippen LogP contribution in [0.1, 0.15) is 16.6 Å². The molecular weight excluding hydrogens is 372 g/mol. The zero-order valence-electron chi connectivity index (χ0n) is 15.8. The summed E-state index contributed by atoms with van der Waals surface area (Å²) in [7, 11) is 2.14. The van der Waals surface area contributed by atoms with E-state index in [0.717, 1.165) is 47.9 Å². The molecule has 1 unspecified atom stereocenters. The van der Waals surface area contributed by atoms with Gasteiger partial charge in [0.1, 0.15) is 17.5 Å². The van der Waals surface area contributed by atoms with E-state index in [9.17, 15) is 5.26 Å². The highest BCUT2D eigenvalue weighted by atomic mass is 32.1. The van der Waals surface area contributed by atoms with Gasteiger partial charge < -0.3 is 9.64 Å². The van der Waals surface area contributed by atoms with E-state index in [1.165, 1.54) is 11.3 Å². The summed E-state index contributed by atoms with van der Waals surface area (Å²) in [5, 5.41) is 10.5. The van der Waals surface area contributed by atoms with Crippen molar-refractivity contribution in [2.45, 2.75) is 5.92 Å². The van der Waals surface area contributed by atoms with Gasteiger partial charge in [0, 0.05) is 38.9 Å². The largest absolute Gasteiger partial charge is 0.462 e. The molecule has 7 nitrogen and oxygen atoms in total. The predicted octanol–water partition coefficient (Wildman–Crippen LogP) is 2.37. The third kappa shape index (κ3) is 4.28. The Morgan fingerprint density at radius 1 is 1.18 bits per heavy atom. The second-order valence-corrected chi connectivity index (χ2v) is 7.90. The minimum Gasteiger partial charge on any atom is -0.462 e. The Morgan fingerprint density at radius 2 is 2.00 bits per heavy atom. The van der Waals surface area contributed by atoms with Crippen LogP contribution in [0.3, 0.4) is 0 Å². The summed E-state index contributed by atoms with van der Waals surface area (Å²) in [5.74, 6) is -0.527. The minimum atomic E-state index is -0.527. The number of hydrogen-bond donors (Lipinski definition) is 0. The number of aromatic nitrogens is 3. The maximum absolute atomic E-state index is 9.72. The van der Waals surface area contributed by atoms with Crippen molar-refractivity contribution in [3.8, 4) is 12.1 Å². The van der Waals surface area contributed by atoms with E-state index >= 15 is 0 Å². The second kappa shape index (κ2) is 8.61. The van der Waals surface area contributed by atoms with Crippen LogP contribution in [0.25, 0.3) is 10.2 Å². The first-order chi connectivity index (χ1) is 13.7. The van der Waals surface area contributed by atoms with Crippen LogP contribution in [0.15, 0.2) is 36.5 Å². The van der Waals surface area contributed by atoms with Crippen molar-refractivity contribution in [1.29, 1.82) is 5.26 Å². The van der Waals surface area contributed by atoms with Crippen molar-refractivity contribution in [3.63, 3.8) is 0 Å². The molecule has 0 N–H and O–H groups in total. The second-order valence-electron chi connectivity index (χ2n) is 6.84. The molecule has 1 aliphatic heterocycles. The van der Waals surface area contributed by atoms with Crippen LogP contribution in [-0.2, 0) is 0 Å². The average Bonchev–Trinajstić information content (AvgIpc) is 3.14. The van der Waals surface area contributed by atoms with Gasteiger partial charge in [0.25, 0.3) is 0 Å². The van der Waals surface area contributed by atoms with E-state index < -0.39 is 5.92 Å². The highest BCUT2D eigenvalue weighted by molar-refractivity contribution is 7.18. The molecule has 0 spiro atoms. The molecule has 3 heterocycles. The highest BCUT2D eigenvalue weighted by Crippen LogP contribution is 2.30. The average molecular weight is 395 g/mol. The lowest BCUT2D eigenvalue weighted by Gasteiger charge is -2.32. The predicted molar refractivity (Wildman–Crippen MR) is 109 cm³/mol. The van der Waals surface area contributed by atoms with Gasteiger partial charge >= 0.3 is 6.01 Å². The molecule has 4 rings (SSSR count). The molecule has 0 amide bonds.